The Morgan fingerprint density at radius 1 is 1.16 bits per heavy atom. The first kappa shape index (κ1) is 25.5. The van der Waals surface area contributed by atoms with Gasteiger partial charge in [-0.25, -0.2) is 0 Å². The molecule has 1 N–H and O–H groups in total. The Morgan fingerprint density at radius 3 is 2.65 bits per heavy atom. The van der Waals surface area contributed by atoms with Crippen LogP contribution in [-0.4, -0.2) is 29.8 Å². The van der Waals surface area contributed by atoms with Crippen LogP contribution in [0.25, 0.3) is 11.4 Å². The van der Waals surface area contributed by atoms with Crippen LogP contribution >= 0.6 is 12.4 Å². The molecular formula is C22H31ClF3N3O2. The van der Waals surface area contributed by atoms with Crippen molar-refractivity contribution < 1.29 is 22.4 Å². The van der Waals surface area contributed by atoms with Crippen LogP contribution in [0.3, 0.4) is 0 Å². The molecule has 31 heavy (non-hydrogen) atoms. The Kier molecular flexibility index (Phi) is 10.1. The van der Waals surface area contributed by atoms with Gasteiger partial charge in [0.1, 0.15) is 5.75 Å². The molecule has 0 aliphatic carbocycles. The fraction of sp³-hybridized carbons (Fsp3) is 0.636. The van der Waals surface area contributed by atoms with Crippen LogP contribution in [0.1, 0.15) is 75.7 Å². The lowest BCUT2D eigenvalue weighted by Crippen LogP contribution is -2.28. The molecule has 1 aliphatic heterocycles. The zero-order valence-electron chi connectivity index (χ0n) is 17.8. The highest BCUT2D eigenvalue weighted by Gasteiger charge is 2.35. The summed E-state index contributed by atoms with van der Waals surface area (Å²) in [5, 5.41) is 7.17. The summed E-state index contributed by atoms with van der Waals surface area (Å²) in [7, 11) is 0. The van der Waals surface area contributed by atoms with Crippen molar-refractivity contribution in [3.63, 3.8) is 0 Å². The van der Waals surface area contributed by atoms with E-state index in [-0.39, 0.29) is 42.1 Å². The predicted molar refractivity (Wildman–Crippen MR) is 116 cm³/mol. The minimum atomic E-state index is -4.52. The van der Waals surface area contributed by atoms with Crippen molar-refractivity contribution in [2.75, 3.05) is 19.7 Å². The second-order valence-corrected chi connectivity index (χ2v) is 7.82. The molecule has 0 amide bonds. The summed E-state index contributed by atoms with van der Waals surface area (Å²) in [5.41, 5.74) is -0.537. The fourth-order valence-electron chi connectivity index (χ4n) is 3.66. The van der Waals surface area contributed by atoms with E-state index in [2.05, 4.69) is 22.4 Å². The summed E-state index contributed by atoms with van der Waals surface area (Å²) >= 11 is 0. The minimum absolute atomic E-state index is 0. The summed E-state index contributed by atoms with van der Waals surface area (Å²) in [6.07, 6.45) is 3.70. The molecule has 0 bridgehead atoms. The Hall–Kier alpha value is -1.80. The monoisotopic (exact) mass is 461 g/mol. The van der Waals surface area contributed by atoms with Gasteiger partial charge in [0.25, 0.3) is 0 Å². The van der Waals surface area contributed by atoms with Crippen LogP contribution in [0, 0.1) is 0 Å². The van der Waals surface area contributed by atoms with E-state index in [0.29, 0.717) is 5.89 Å². The second-order valence-electron chi connectivity index (χ2n) is 7.82. The van der Waals surface area contributed by atoms with E-state index >= 15 is 0 Å². The summed E-state index contributed by atoms with van der Waals surface area (Å²) in [5.74, 6) is 0.583. The van der Waals surface area contributed by atoms with Crippen LogP contribution in [0.15, 0.2) is 22.7 Å². The number of nitrogens with zero attached hydrogens (tertiary/aromatic N) is 2. The zero-order chi connectivity index (χ0) is 21.4. The molecule has 0 saturated carbocycles. The number of hydrogen-bond acceptors (Lipinski definition) is 5. The number of piperidine rings is 1. The summed E-state index contributed by atoms with van der Waals surface area (Å²) in [4.78, 5) is 4.34. The standard InChI is InChI=1S/C22H30F3N3O2.ClH/c1-2-3-4-5-6-7-13-29-19-11-10-16(14-18(19)22(23,24)25)20-27-21(30-28-20)17-9-8-12-26-15-17;/h10-11,14,17,26H,2-9,12-13,15H2,1H3;1H/t17-;/m1./s1. The van der Waals surface area contributed by atoms with Gasteiger partial charge in [0.15, 0.2) is 0 Å². The van der Waals surface area contributed by atoms with Crippen LogP contribution in [0.2, 0.25) is 0 Å². The molecule has 5 nitrogen and oxygen atoms in total. The van der Waals surface area contributed by atoms with Gasteiger partial charge in [0.2, 0.25) is 11.7 Å². The lowest BCUT2D eigenvalue weighted by atomic mass is 10.00. The molecule has 2 heterocycles. The summed E-state index contributed by atoms with van der Waals surface area (Å²) in [6.45, 7) is 4.11. The first-order chi connectivity index (χ1) is 14.5. The molecule has 1 saturated heterocycles. The van der Waals surface area contributed by atoms with E-state index < -0.39 is 11.7 Å². The van der Waals surface area contributed by atoms with Gasteiger partial charge in [0.05, 0.1) is 18.1 Å². The van der Waals surface area contributed by atoms with Crippen molar-refractivity contribution in [3.05, 3.63) is 29.7 Å². The van der Waals surface area contributed by atoms with Crippen molar-refractivity contribution in [1.29, 1.82) is 0 Å². The highest BCUT2D eigenvalue weighted by Crippen LogP contribution is 2.38. The average molecular weight is 462 g/mol. The number of rotatable bonds is 10. The van der Waals surface area contributed by atoms with Crippen molar-refractivity contribution >= 4 is 12.4 Å². The number of alkyl halides is 3. The molecule has 3 rings (SSSR count). The average Bonchev–Trinajstić information content (AvgIpc) is 3.23. The van der Waals surface area contributed by atoms with Gasteiger partial charge in [-0.3, -0.25) is 0 Å². The number of nitrogens with one attached hydrogen (secondary N) is 1. The van der Waals surface area contributed by atoms with Gasteiger partial charge in [-0.15, -0.1) is 12.4 Å². The van der Waals surface area contributed by atoms with E-state index in [1.807, 2.05) is 0 Å². The maximum absolute atomic E-state index is 13.6. The van der Waals surface area contributed by atoms with E-state index in [1.165, 1.54) is 12.5 Å². The quantitative estimate of drug-likeness (QED) is 0.416. The third-order valence-electron chi connectivity index (χ3n) is 5.39. The Balaban J connectivity index is 0.00000341. The molecule has 1 aliphatic rings. The first-order valence-corrected chi connectivity index (χ1v) is 10.9. The molecule has 0 radical (unpaired) electrons. The molecular weight excluding hydrogens is 431 g/mol. The van der Waals surface area contributed by atoms with Gasteiger partial charge in [0, 0.05) is 12.1 Å². The maximum atomic E-state index is 13.6. The third kappa shape index (κ3) is 7.38. The predicted octanol–water partition coefficient (Wildman–Crippen LogP) is 6.38. The molecule has 1 aromatic heterocycles. The van der Waals surface area contributed by atoms with Gasteiger partial charge >= 0.3 is 6.18 Å². The van der Waals surface area contributed by atoms with Gasteiger partial charge in [-0.2, -0.15) is 18.2 Å². The number of benzene rings is 1. The lowest BCUT2D eigenvalue weighted by Gasteiger charge is -2.18. The Bertz CT molecular complexity index is 793. The van der Waals surface area contributed by atoms with E-state index in [9.17, 15) is 13.2 Å². The molecule has 1 aromatic carbocycles. The topological polar surface area (TPSA) is 60.2 Å². The van der Waals surface area contributed by atoms with Crippen LogP contribution in [0.4, 0.5) is 13.2 Å². The van der Waals surface area contributed by atoms with E-state index in [4.69, 9.17) is 9.26 Å². The number of hydrogen-bond donors (Lipinski definition) is 1. The molecule has 1 atom stereocenters. The minimum Gasteiger partial charge on any atom is -0.493 e. The van der Waals surface area contributed by atoms with Crippen molar-refractivity contribution in [2.45, 2.75) is 70.4 Å². The molecule has 2 aromatic rings. The van der Waals surface area contributed by atoms with E-state index in [0.717, 1.165) is 64.1 Å². The van der Waals surface area contributed by atoms with Gasteiger partial charge in [-0.05, 0) is 44.0 Å². The molecule has 174 valence electrons. The normalized spacial score (nSPS) is 16.7. The second kappa shape index (κ2) is 12.3. The number of ether oxygens (including phenoxy) is 1. The largest absolute Gasteiger partial charge is 0.493 e. The highest BCUT2D eigenvalue weighted by molar-refractivity contribution is 5.85. The SMILES string of the molecule is CCCCCCCCOc1ccc(-c2noc([C@@H]3CCCNC3)n2)cc1C(F)(F)F.Cl. The number of halogens is 4. The van der Waals surface area contributed by atoms with Crippen LogP contribution in [-0.2, 0) is 6.18 Å². The maximum Gasteiger partial charge on any atom is 0.419 e. The highest BCUT2D eigenvalue weighted by atomic mass is 35.5. The molecule has 0 unspecified atom stereocenters. The summed E-state index contributed by atoms with van der Waals surface area (Å²) in [6, 6.07) is 3.96. The molecule has 1 fully saturated rings. The summed E-state index contributed by atoms with van der Waals surface area (Å²) < 4.78 is 51.6. The van der Waals surface area contributed by atoms with Gasteiger partial charge < -0.3 is 14.6 Å². The van der Waals surface area contributed by atoms with Gasteiger partial charge in [-0.1, -0.05) is 44.2 Å². The number of unbranched alkanes of at least 4 members (excludes halogenated alkanes) is 5. The zero-order valence-corrected chi connectivity index (χ0v) is 18.7. The van der Waals surface area contributed by atoms with Crippen molar-refractivity contribution in [2.24, 2.45) is 0 Å². The molecule has 9 heteroatoms. The van der Waals surface area contributed by atoms with Crippen molar-refractivity contribution in [3.8, 4) is 17.1 Å². The lowest BCUT2D eigenvalue weighted by molar-refractivity contribution is -0.138. The third-order valence-corrected chi connectivity index (χ3v) is 5.39. The van der Waals surface area contributed by atoms with Crippen LogP contribution in [0.5, 0.6) is 5.75 Å². The Morgan fingerprint density at radius 2 is 1.94 bits per heavy atom. The first-order valence-electron chi connectivity index (χ1n) is 10.9. The smallest absolute Gasteiger partial charge is 0.419 e. The van der Waals surface area contributed by atoms with Crippen LogP contribution < -0.4 is 10.1 Å². The van der Waals surface area contributed by atoms with Crippen molar-refractivity contribution in [1.82, 2.24) is 15.5 Å². The Labute approximate surface area is 187 Å². The fourth-order valence-corrected chi connectivity index (χ4v) is 3.66. The molecule has 0 spiro atoms. The number of aromatic nitrogens is 2. The van der Waals surface area contributed by atoms with E-state index in [1.54, 1.807) is 6.07 Å².